The molecule has 0 aromatic heterocycles. The number of amides is 1. The van der Waals surface area contributed by atoms with E-state index < -0.39 is 17.7 Å². The quantitative estimate of drug-likeness (QED) is 0.464. The molecule has 0 spiro atoms. The highest BCUT2D eigenvalue weighted by molar-refractivity contribution is 5.95. The molecule has 31 heavy (non-hydrogen) atoms. The van der Waals surface area contributed by atoms with Crippen molar-refractivity contribution in [1.82, 2.24) is 4.90 Å². The Bertz CT molecular complexity index is 885. The third-order valence-corrected chi connectivity index (χ3v) is 5.60. The summed E-state index contributed by atoms with van der Waals surface area (Å²) in [6, 6.07) is 16.6. The van der Waals surface area contributed by atoms with E-state index in [1.807, 2.05) is 30.3 Å². The highest BCUT2D eigenvalue weighted by Crippen LogP contribution is 2.43. The molecule has 166 valence electrons. The van der Waals surface area contributed by atoms with Crippen LogP contribution in [0.1, 0.15) is 37.8 Å². The van der Waals surface area contributed by atoms with E-state index in [2.05, 4.69) is 4.89 Å². The maximum Gasteiger partial charge on any atom is 0.236 e. The van der Waals surface area contributed by atoms with Crippen LogP contribution in [0, 0.1) is 0 Å². The summed E-state index contributed by atoms with van der Waals surface area (Å²) in [6.07, 6.45) is -0.870. The molecule has 1 aliphatic heterocycles. The summed E-state index contributed by atoms with van der Waals surface area (Å²) in [4.78, 5) is 36.5. The molecular weight excluding hydrogens is 398 g/mol. The maximum absolute atomic E-state index is 13.5. The number of hydrogen-bond donors (Lipinski definition) is 1. The monoisotopic (exact) mass is 427 g/mol. The minimum absolute atomic E-state index is 0.0153. The van der Waals surface area contributed by atoms with Gasteiger partial charge in [0.15, 0.2) is 0 Å². The number of benzene rings is 2. The van der Waals surface area contributed by atoms with Gasteiger partial charge < -0.3 is 14.7 Å². The summed E-state index contributed by atoms with van der Waals surface area (Å²) >= 11 is 0. The third kappa shape index (κ3) is 5.12. The fourth-order valence-electron chi connectivity index (χ4n) is 4.15. The zero-order valence-electron chi connectivity index (χ0n) is 18.1. The lowest BCUT2D eigenvalue weighted by atomic mass is 9.75. The van der Waals surface area contributed by atoms with Crippen molar-refractivity contribution in [2.75, 3.05) is 13.7 Å². The molecule has 0 bridgehead atoms. The number of aliphatic hydroxyl groups excluding tert-OH is 1. The van der Waals surface area contributed by atoms with Crippen molar-refractivity contribution < 1.29 is 29.2 Å². The number of aliphatic hydroxyl groups is 1. The van der Waals surface area contributed by atoms with Gasteiger partial charge >= 0.3 is 0 Å². The first-order valence-corrected chi connectivity index (χ1v) is 10.3. The largest absolute Gasteiger partial charge is 0.489 e. The molecule has 7 nitrogen and oxygen atoms in total. The predicted molar refractivity (Wildman–Crippen MR) is 114 cm³/mol. The fraction of sp³-hybridized carbons (Fsp3) is 0.417. The van der Waals surface area contributed by atoms with Crippen molar-refractivity contribution in [3.8, 4) is 5.75 Å². The zero-order chi connectivity index (χ0) is 22.4. The topological polar surface area (TPSA) is 85.3 Å². The summed E-state index contributed by atoms with van der Waals surface area (Å²) in [5, 5.41) is 10.7. The summed E-state index contributed by atoms with van der Waals surface area (Å²) in [5.41, 5.74) is 0.614. The first kappa shape index (κ1) is 22.9. The minimum Gasteiger partial charge on any atom is -0.489 e. The number of ether oxygens (including phenoxy) is 1. The van der Waals surface area contributed by atoms with E-state index in [-0.39, 0.29) is 31.1 Å². The molecule has 0 radical (unpaired) electrons. The normalized spacial score (nSPS) is 21.9. The van der Waals surface area contributed by atoms with Crippen molar-refractivity contribution >= 4 is 11.7 Å². The van der Waals surface area contributed by atoms with Crippen LogP contribution in [-0.2, 0) is 31.4 Å². The number of carbonyl (C=O) groups excluding carboxylic acids is 2. The van der Waals surface area contributed by atoms with Gasteiger partial charge in [0.05, 0.1) is 18.6 Å². The Balaban J connectivity index is 1.81. The lowest BCUT2D eigenvalue weighted by Crippen LogP contribution is -2.46. The van der Waals surface area contributed by atoms with Gasteiger partial charge in [0.2, 0.25) is 5.91 Å². The number of carbonyl (C=O) groups is 2. The smallest absolute Gasteiger partial charge is 0.236 e. The molecule has 3 atom stereocenters. The Labute approximate surface area is 182 Å². The molecule has 1 aliphatic rings. The van der Waals surface area contributed by atoms with Gasteiger partial charge in [0.1, 0.15) is 31.0 Å². The average Bonchev–Trinajstić information content (AvgIpc) is 3.01. The Kier molecular flexibility index (Phi) is 7.43. The van der Waals surface area contributed by atoms with Gasteiger partial charge in [0.25, 0.3) is 0 Å². The Morgan fingerprint density at radius 1 is 1.19 bits per heavy atom. The third-order valence-electron chi connectivity index (χ3n) is 5.60. The summed E-state index contributed by atoms with van der Waals surface area (Å²) in [7, 11) is 1.39. The van der Waals surface area contributed by atoms with E-state index in [4.69, 9.17) is 9.62 Å². The summed E-state index contributed by atoms with van der Waals surface area (Å²) < 4.78 is 5.83. The zero-order valence-corrected chi connectivity index (χ0v) is 18.1. The number of nitrogens with zero attached hydrogens (tertiary/aromatic N) is 1. The van der Waals surface area contributed by atoms with E-state index >= 15 is 0 Å². The first-order valence-electron chi connectivity index (χ1n) is 10.3. The van der Waals surface area contributed by atoms with E-state index in [1.54, 1.807) is 31.2 Å². The van der Waals surface area contributed by atoms with Gasteiger partial charge in [-0.05, 0) is 37.1 Å². The second-order valence-corrected chi connectivity index (χ2v) is 7.96. The van der Waals surface area contributed by atoms with Gasteiger partial charge in [-0.1, -0.05) is 42.5 Å². The van der Waals surface area contributed by atoms with Crippen LogP contribution in [0.4, 0.5) is 0 Å². The molecule has 0 saturated carbocycles. The molecular formula is C24H29NO6. The van der Waals surface area contributed by atoms with Crippen molar-refractivity contribution in [2.24, 2.45) is 0 Å². The van der Waals surface area contributed by atoms with Crippen molar-refractivity contribution in [3.05, 3.63) is 65.7 Å². The van der Waals surface area contributed by atoms with Crippen LogP contribution in [0.25, 0.3) is 0 Å². The van der Waals surface area contributed by atoms with E-state index in [1.165, 1.54) is 18.9 Å². The van der Waals surface area contributed by atoms with Crippen LogP contribution < -0.4 is 4.74 Å². The van der Waals surface area contributed by atoms with Crippen LogP contribution in [-0.4, -0.2) is 47.7 Å². The maximum atomic E-state index is 13.5. The van der Waals surface area contributed by atoms with Gasteiger partial charge in [0, 0.05) is 12.8 Å². The second kappa shape index (κ2) is 10.0. The average molecular weight is 427 g/mol. The van der Waals surface area contributed by atoms with Crippen LogP contribution in [0.5, 0.6) is 5.75 Å². The second-order valence-electron chi connectivity index (χ2n) is 7.96. The number of Topliss-reactive ketones (excluding diaryl/α,β-unsaturated/α-hetero) is 1. The Morgan fingerprint density at radius 3 is 2.48 bits per heavy atom. The summed E-state index contributed by atoms with van der Waals surface area (Å²) in [5.74, 6) is 0.253. The molecule has 1 N–H and O–H groups in total. The van der Waals surface area contributed by atoms with Gasteiger partial charge in [-0.15, -0.1) is 0 Å². The number of rotatable bonds is 10. The van der Waals surface area contributed by atoms with E-state index in [9.17, 15) is 14.7 Å². The molecule has 0 aliphatic carbocycles. The lowest BCUT2D eigenvalue weighted by molar-refractivity contribution is -0.280. The Morgan fingerprint density at radius 2 is 1.87 bits per heavy atom. The minimum atomic E-state index is -1.12. The van der Waals surface area contributed by atoms with Crippen LogP contribution in [0.2, 0.25) is 0 Å². The molecule has 1 heterocycles. The van der Waals surface area contributed by atoms with Crippen LogP contribution >= 0.6 is 0 Å². The SMILES string of the molecule is COOCC(C)N1C(=O)C(CC(C)=O)(c2ccc(OCc3ccccc3)cc2)CC1O. The van der Waals surface area contributed by atoms with Crippen molar-refractivity contribution in [1.29, 1.82) is 0 Å². The van der Waals surface area contributed by atoms with E-state index in [0.717, 1.165) is 5.56 Å². The van der Waals surface area contributed by atoms with E-state index in [0.29, 0.717) is 17.9 Å². The van der Waals surface area contributed by atoms with Crippen molar-refractivity contribution in [2.45, 2.75) is 51.0 Å². The van der Waals surface area contributed by atoms with Gasteiger partial charge in [-0.3, -0.25) is 9.59 Å². The number of hydrogen-bond acceptors (Lipinski definition) is 6. The highest BCUT2D eigenvalue weighted by atomic mass is 17.2. The molecule has 1 amide bonds. The summed E-state index contributed by atoms with van der Waals surface area (Å²) in [6.45, 7) is 3.77. The molecule has 3 rings (SSSR count). The Hall–Kier alpha value is -2.74. The molecule has 1 saturated heterocycles. The molecule has 7 heteroatoms. The standard InChI is InChI=1S/C24H29NO6/c1-17(15-31-29-3)25-22(27)14-24(23(25)28,13-18(2)26)20-9-11-21(12-10-20)30-16-19-7-5-4-6-8-19/h4-12,17,22,27H,13-16H2,1-3H3. The molecule has 2 aromatic carbocycles. The molecule has 3 unspecified atom stereocenters. The van der Waals surface area contributed by atoms with Crippen molar-refractivity contribution in [3.63, 3.8) is 0 Å². The first-order chi connectivity index (χ1) is 14.9. The fourth-order valence-corrected chi connectivity index (χ4v) is 4.15. The number of likely N-dealkylation sites (tertiary alicyclic amines) is 1. The predicted octanol–water partition coefficient (Wildman–Crippen LogP) is 3.00. The molecule has 2 aromatic rings. The highest BCUT2D eigenvalue weighted by Gasteiger charge is 2.54. The van der Waals surface area contributed by atoms with Crippen LogP contribution in [0.15, 0.2) is 54.6 Å². The molecule has 1 fully saturated rings. The van der Waals surface area contributed by atoms with Crippen LogP contribution in [0.3, 0.4) is 0 Å². The lowest BCUT2D eigenvalue weighted by Gasteiger charge is -2.30. The van der Waals surface area contributed by atoms with Gasteiger partial charge in [-0.2, -0.15) is 0 Å². The van der Waals surface area contributed by atoms with Gasteiger partial charge in [-0.25, -0.2) is 9.78 Å². The number of ketones is 1.